The Morgan fingerprint density at radius 3 is 2.41 bits per heavy atom. The number of carbonyl (C=O) groups is 1. The molecule has 0 aliphatic rings. The van der Waals surface area contributed by atoms with Crippen LogP contribution in [0.3, 0.4) is 0 Å². The molecule has 0 spiro atoms. The number of nitrogens with zero attached hydrogens (tertiary/aromatic N) is 4. The van der Waals surface area contributed by atoms with Gasteiger partial charge in [-0.3, -0.25) is 9.20 Å². The monoisotopic (exact) mass is 639 g/mol. The van der Waals surface area contributed by atoms with Crippen LogP contribution in [0.25, 0.3) is 61.0 Å². The first-order chi connectivity index (χ1) is 21.9. The Hall–Kier alpha value is -5.36. The number of aromatic nitrogens is 3. The molecule has 4 aromatic heterocycles. The molecule has 7 aromatic rings. The van der Waals surface area contributed by atoms with E-state index < -0.39 is 21.5 Å². The van der Waals surface area contributed by atoms with Gasteiger partial charge in [0.25, 0.3) is 5.91 Å². The summed E-state index contributed by atoms with van der Waals surface area (Å²) in [5, 5.41) is 3.52. The second-order valence-corrected chi connectivity index (χ2v) is 13.5. The maximum atomic E-state index is 15.0. The SMILES string of the molecule is CNC(=O)c1c(-c2ccc(F)cc2)oc2cc(N(C)C)c(-c3ccc4nc(CS(C)(=O)=O)n5c6cccc(F)c6cc5c4n3)cc12. The third kappa shape index (κ3) is 4.81. The van der Waals surface area contributed by atoms with Crippen LogP contribution >= 0.6 is 0 Å². The molecule has 46 heavy (non-hydrogen) atoms. The molecular formula is C34H27F2N5O4S. The van der Waals surface area contributed by atoms with E-state index in [0.717, 1.165) is 11.9 Å². The first-order valence-electron chi connectivity index (χ1n) is 14.3. The number of nitrogens with one attached hydrogen (secondary N) is 1. The Morgan fingerprint density at radius 1 is 0.957 bits per heavy atom. The van der Waals surface area contributed by atoms with Crippen LogP contribution < -0.4 is 10.2 Å². The zero-order valence-corrected chi connectivity index (χ0v) is 26.0. The quantitative estimate of drug-likeness (QED) is 0.225. The van der Waals surface area contributed by atoms with Gasteiger partial charge in [-0.05, 0) is 60.7 Å². The van der Waals surface area contributed by atoms with E-state index in [1.54, 1.807) is 46.9 Å². The maximum absolute atomic E-state index is 15.0. The lowest BCUT2D eigenvalue weighted by atomic mass is 10.00. The molecule has 232 valence electrons. The van der Waals surface area contributed by atoms with E-state index in [4.69, 9.17) is 9.40 Å². The molecule has 0 aliphatic carbocycles. The number of benzene rings is 3. The minimum Gasteiger partial charge on any atom is -0.455 e. The van der Waals surface area contributed by atoms with Crippen LogP contribution in [0.1, 0.15) is 16.2 Å². The number of furan rings is 1. The highest BCUT2D eigenvalue weighted by Crippen LogP contribution is 2.41. The van der Waals surface area contributed by atoms with E-state index >= 15 is 0 Å². The third-order valence-electron chi connectivity index (χ3n) is 7.93. The number of halogens is 2. The smallest absolute Gasteiger partial charge is 0.255 e. The maximum Gasteiger partial charge on any atom is 0.255 e. The molecule has 0 radical (unpaired) electrons. The van der Waals surface area contributed by atoms with Crippen LogP contribution in [0, 0.1) is 11.6 Å². The number of sulfone groups is 1. The number of fused-ring (bicyclic) bond motifs is 6. The van der Waals surface area contributed by atoms with Gasteiger partial charge in [-0.25, -0.2) is 27.2 Å². The van der Waals surface area contributed by atoms with Crippen molar-refractivity contribution in [2.75, 3.05) is 32.3 Å². The van der Waals surface area contributed by atoms with Crippen LogP contribution in [0.2, 0.25) is 0 Å². The standard InChI is InChI=1S/C34H27F2N5O4S/c1-37-34(42)31-22-14-21(27(40(2)3)16-29(22)45-33(31)18-8-10-19(35)11-9-18)24-12-13-25-32(39-24)28-15-20-23(36)6-5-7-26(20)41(28)30(38-25)17-46(4,43)44/h5-16H,17H2,1-4H3,(H,37,42). The van der Waals surface area contributed by atoms with Crippen LogP contribution in [0.4, 0.5) is 14.5 Å². The van der Waals surface area contributed by atoms with Crippen molar-refractivity contribution in [1.82, 2.24) is 19.7 Å². The summed E-state index contributed by atoms with van der Waals surface area (Å²) < 4.78 is 61.3. The van der Waals surface area contributed by atoms with Crippen molar-refractivity contribution in [3.05, 3.63) is 95.8 Å². The van der Waals surface area contributed by atoms with Crippen molar-refractivity contribution in [3.63, 3.8) is 0 Å². The Balaban J connectivity index is 1.52. The second kappa shape index (κ2) is 10.6. The van der Waals surface area contributed by atoms with E-state index in [9.17, 15) is 22.0 Å². The fourth-order valence-electron chi connectivity index (χ4n) is 5.91. The number of carbonyl (C=O) groups excluding carboxylic acids is 1. The van der Waals surface area contributed by atoms with Crippen LogP contribution in [0.5, 0.6) is 0 Å². The summed E-state index contributed by atoms with van der Waals surface area (Å²) in [5.41, 5.74) is 5.11. The topological polar surface area (TPSA) is 110 Å². The van der Waals surface area contributed by atoms with Crippen molar-refractivity contribution in [2.24, 2.45) is 0 Å². The first-order valence-corrected chi connectivity index (χ1v) is 16.3. The molecule has 7 rings (SSSR count). The molecule has 0 atom stereocenters. The molecule has 4 heterocycles. The lowest BCUT2D eigenvalue weighted by molar-refractivity contribution is 0.0964. The van der Waals surface area contributed by atoms with Gasteiger partial charge >= 0.3 is 0 Å². The van der Waals surface area contributed by atoms with Gasteiger partial charge < -0.3 is 14.6 Å². The number of rotatable bonds is 6. The predicted octanol–water partition coefficient (Wildman–Crippen LogP) is 6.36. The molecule has 1 N–H and O–H groups in total. The Kier molecular flexibility index (Phi) is 6.78. The summed E-state index contributed by atoms with van der Waals surface area (Å²) in [6.45, 7) is 0. The number of pyridine rings is 1. The Morgan fingerprint density at radius 2 is 1.72 bits per heavy atom. The third-order valence-corrected chi connectivity index (χ3v) is 8.72. The van der Waals surface area contributed by atoms with Crippen LogP contribution in [-0.4, -0.2) is 56.1 Å². The van der Waals surface area contributed by atoms with Gasteiger partial charge in [-0.2, -0.15) is 0 Å². The molecule has 0 aliphatic heterocycles. The summed E-state index contributed by atoms with van der Waals surface area (Å²) >= 11 is 0. The fraction of sp³-hybridized carbons (Fsp3) is 0.147. The molecule has 0 saturated carbocycles. The summed E-state index contributed by atoms with van der Waals surface area (Å²) in [7, 11) is 1.79. The molecule has 0 saturated heterocycles. The average molecular weight is 640 g/mol. The molecule has 0 fully saturated rings. The van der Waals surface area contributed by atoms with E-state index in [1.807, 2.05) is 31.1 Å². The van der Waals surface area contributed by atoms with Crippen molar-refractivity contribution in [3.8, 4) is 22.6 Å². The van der Waals surface area contributed by atoms with E-state index in [-0.39, 0.29) is 17.5 Å². The number of hydrogen-bond acceptors (Lipinski definition) is 7. The largest absolute Gasteiger partial charge is 0.455 e. The zero-order chi connectivity index (χ0) is 32.5. The van der Waals surface area contributed by atoms with Gasteiger partial charge in [-0.1, -0.05) is 6.07 Å². The van der Waals surface area contributed by atoms with Gasteiger partial charge in [0.1, 0.15) is 40.1 Å². The minimum atomic E-state index is -3.48. The van der Waals surface area contributed by atoms with Crippen molar-refractivity contribution in [2.45, 2.75) is 5.75 Å². The molecule has 0 unspecified atom stereocenters. The lowest BCUT2D eigenvalue weighted by Crippen LogP contribution is -2.18. The highest BCUT2D eigenvalue weighted by atomic mass is 32.2. The molecule has 12 heteroatoms. The summed E-state index contributed by atoms with van der Waals surface area (Å²) in [4.78, 5) is 24.8. The fourth-order valence-corrected chi connectivity index (χ4v) is 6.57. The van der Waals surface area contributed by atoms with Crippen molar-refractivity contribution < 1.29 is 26.4 Å². The summed E-state index contributed by atoms with van der Waals surface area (Å²) in [6.07, 6.45) is 1.13. The Labute approximate surface area is 262 Å². The van der Waals surface area contributed by atoms with Gasteiger partial charge in [0.2, 0.25) is 0 Å². The predicted molar refractivity (Wildman–Crippen MR) is 175 cm³/mol. The molecule has 1 amide bonds. The summed E-state index contributed by atoms with van der Waals surface area (Å²) in [6, 6.07) is 19.2. The molecule has 3 aromatic carbocycles. The number of anilines is 1. The van der Waals surface area contributed by atoms with Gasteiger partial charge in [0, 0.05) is 61.1 Å². The summed E-state index contributed by atoms with van der Waals surface area (Å²) in [5.74, 6) is -1.03. The number of amides is 1. The van der Waals surface area contributed by atoms with E-state index in [1.165, 1.54) is 25.2 Å². The molecule has 9 nitrogen and oxygen atoms in total. The highest BCUT2D eigenvalue weighted by molar-refractivity contribution is 7.89. The normalized spacial score (nSPS) is 12.0. The highest BCUT2D eigenvalue weighted by Gasteiger charge is 2.25. The van der Waals surface area contributed by atoms with E-state index in [2.05, 4.69) is 10.3 Å². The van der Waals surface area contributed by atoms with Crippen LogP contribution in [-0.2, 0) is 15.6 Å². The van der Waals surface area contributed by atoms with Gasteiger partial charge in [-0.15, -0.1) is 0 Å². The minimum absolute atomic E-state index is 0.248. The van der Waals surface area contributed by atoms with Gasteiger partial charge in [0.15, 0.2) is 9.84 Å². The van der Waals surface area contributed by atoms with Crippen molar-refractivity contribution in [1.29, 1.82) is 0 Å². The van der Waals surface area contributed by atoms with Crippen molar-refractivity contribution >= 4 is 59.9 Å². The average Bonchev–Trinajstić information content (AvgIpc) is 3.60. The Bertz CT molecular complexity index is 2490. The first kappa shape index (κ1) is 29.4. The number of hydrogen-bond donors (Lipinski definition) is 1. The van der Waals surface area contributed by atoms with Crippen LogP contribution in [0.15, 0.2) is 77.2 Å². The zero-order valence-electron chi connectivity index (χ0n) is 25.2. The second-order valence-electron chi connectivity index (χ2n) is 11.4. The van der Waals surface area contributed by atoms with E-state index in [0.29, 0.717) is 66.6 Å². The molecular weight excluding hydrogens is 612 g/mol. The lowest BCUT2D eigenvalue weighted by Gasteiger charge is -2.18. The van der Waals surface area contributed by atoms with Gasteiger partial charge in [0.05, 0.1) is 27.8 Å². The molecule has 0 bridgehead atoms.